The predicted molar refractivity (Wildman–Crippen MR) is 122 cm³/mol. The smallest absolute Gasteiger partial charge is 0.222 e. The monoisotopic (exact) mass is 416 g/mol. The molecule has 0 fully saturated rings. The Morgan fingerprint density at radius 2 is 1.52 bits per heavy atom. The maximum atomic E-state index is 12.5. The molecular formula is C26H28N2O3. The van der Waals surface area contributed by atoms with Crippen LogP contribution in [-0.4, -0.2) is 35.7 Å². The fraction of sp³-hybridized carbons (Fsp3) is 0.269. The van der Waals surface area contributed by atoms with Crippen molar-refractivity contribution in [3.63, 3.8) is 0 Å². The van der Waals surface area contributed by atoms with Crippen molar-refractivity contribution in [3.8, 4) is 17.0 Å². The largest absolute Gasteiger partial charge is 0.481 e. The number of hydrogen-bond donors (Lipinski definition) is 0. The molecule has 0 aliphatic rings. The third-order valence-corrected chi connectivity index (χ3v) is 5.29. The van der Waals surface area contributed by atoms with Crippen molar-refractivity contribution in [1.29, 1.82) is 0 Å². The SMILES string of the molecule is CCC(=O)N(C)Cc1ccc(-c2ccc(C(=O)CCc3ccc(OC)nc3)cc2)cc1. The number of aromatic nitrogens is 1. The molecule has 3 rings (SSSR count). The van der Waals surface area contributed by atoms with Gasteiger partial charge < -0.3 is 9.64 Å². The summed E-state index contributed by atoms with van der Waals surface area (Å²) in [7, 11) is 3.40. The summed E-state index contributed by atoms with van der Waals surface area (Å²) in [6.07, 6.45) is 3.34. The molecule has 1 amide bonds. The van der Waals surface area contributed by atoms with Crippen LogP contribution in [-0.2, 0) is 17.8 Å². The topological polar surface area (TPSA) is 59.5 Å². The molecule has 0 aliphatic carbocycles. The summed E-state index contributed by atoms with van der Waals surface area (Å²) in [5, 5.41) is 0. The van der Waals surface area contributed by atoms with Gasteiger partial charge in [-0.2, -0.15) is 0 Å². The summed E-state index contributed by atoms with van der Waals surface area (Å²) in [5.74, 6) is 0.814. The Morgan fingerprint density at radius 3 is 2.06 bits per heavy atom. The van der Waals surface area contributed by atoms with E-state index in [1.807, 2.05) is 68.6 Å². The first-order chi connectivity index (χ1) is 15.0. The normalized spacial score (nSPS) is 10.5. The molecule has 0 spiro atoms. The first-order valence-electron chi connectivity index (χ1n) is 10.5. The molecule has 0 bridgehead atoms. The lowest BCUT2D eigenvalue weighted by molar-refractivity contribution is -0.130. The molecule has 31 heavy (non-hydrogen) atoms. The quantitative estimate of drug-likeness (QED) is 0.464. The van der Waals surface area contributed by atoms with E-state index in [0.29, 0.717) is 37.3 Å². The average molecular weight is 417 g/mol. The van der Waals surface area contributed by atoms with Gasteiger partial charge in [0.2, 0.25) is 11.8 Å². The van der Waals surface area contributed by atoms with Gasteiger partial charge in [-0.05, 0) is 28.7 Å². The Labute approximate surface area is 183 Å². The van der Waals surface area contributed by atoms with E-state index in [-0.39, 0.29) is 11.7 Å². The van der Waals surface area contributed by atoms with Crippen molar-refractivity contribution in [2.24, 2.45) is 0 Å². The number of nitrogens with zero attached hydrogens (tertiary/aromatic N) is 2. The summed E-state index contributed by atoms with van der Waals surface area (Å²) in [4.78, 5) is 30.2. The number of carbonyl (C=O) groups is 2. The van der Waals surface area contributed by atoms with E-state index in [2.05, 4.69) is 4.98 Å². The number of pyridine rings is 1. The Morgan fingerprint density at radius 1 is 0.903 bits per heavy atom. The summed E-state index contributed by atoms with van der Waals surface area (Å²) in [5.41, 5.74) is 4.95. The third kappa shape index (κ3) is 6.01. The second kappa shape index (κ2) is 10.5. The van der Waals surface area contributed by atoms with E-state index in [0.717, 1.165) is 22.3 Å². The van der Waals surface area contributed by atoms with Crippen LogP contribution in [0.4, 0.5) is 0 Å². The molecule has 0 saturated heterocycles. The Balaban J connectivity index is 1.58. The lowest BCUT2D eigenvalue weighted by atomic mass is 9.99. The fourth-order valence-electron chi connectivity index (χ4n) is 3.36. The van der Waals surface area contributed by atoms with Crippen molar-refractivity contribution in [1.82, 2.24) is 9.88 Å². The molecule has 0 aliphatic heterocycles. The van der Waals surface area contributed by atoms with E-state index in [1.165, 1.54) is 0 Å². The molecule has 160 valence electrons. The number of carbonyl (C=O) groups excluding carboxylic acids is 2. The van der Waals surface area contributed by atoms with E-state index in [4.69, 9.17) is 4.74 Å². The minimum atomic E-state index is 0.112. The van der Waals surface area contributed by atoms with E-state index in [1.54, 1.807) is 24.3 Å². The van der Waals surface area contributed by atoms with Crippen LogP contribution in [0.1, 0.15) is 41.3 Å². The highest BCUT2D eigenvalue weighted by Crippen LogP contribution is 2.22. The Bertz CT molecular complexity index is 1010. The zero-order valence-electron chi connectivity index (χ0n) is 18.3. The summed E-state index contributed by atoms with van der Waals surface area (Å²) < 4.78 is 5.06. The van der Waals surface area contributed by atoms with Gasteiger partial charge in [0.1, 0.15) is 0 Å². The van der Waals surface area contributed by atoms with Crippen LogP contribution < -0.4 is 4.74 Å². The molecular weight excluding hydrogens is 388 g/mol. The van der Waals surface area contributed by atoms with Gasteiger partial charge in [0, 0.05) is 44.3 Å². The maximum Gasteiger partial charge on any atom is 0.222 e. The van der Waals surface area contributed by atoms with Crippen LogP contribution in [0.25, 0.3) is 11.1 Å². The van der Waals surface area contributed by atoms with Gasteiger partial charge in [-0.3, -0.25) is 9.59 Å². The van der Waals surface area contributed by atoms with Gasteiger partial charge in [0.25, 0.3) is 0 Å². The highest BCUT2D eigenvalue weighted by molar-refractivity contribution is 5.96. The van der Waals surface area contributed by atoms with Crippen molar-refractivity contribution in [2.75, 3.05) is 14.2 Å². The zero-order chi connectivity index (χ0) is 22.2. The van der Waals surface area contributed by atoms with Crippen LogP contribution in [0.3, 0.4) is 0 Å². The number of amides is 1. The number of methoxy groups -OCH3 is 1. The number of rotatable bonds is 9. The standard InChI is InChI=1S/C26H28N2O3/c1-4-26(30)28(2)18-20-5-9-21(10-6-20)22-11-13-23(14-12-22)24(29)15-7-19-8-16-25(31-3)27-17-19/h5-6,8-14,16-17H,4,7,15,18H2,1-3H3. The molecule has 0 N–H and O–H groups in total. The predicted octanol–water partition coefficient (Wildman–Crippen LogP) is 4.94. The van der Waals surface area contributed by atoms with Gasteiger partial charge >= 0.3 is 0 Å². The lowest BCUT2D eigenvalue weighted by Gasteiger charge is -2.16. The van der Waals surface area contributed by atoms with Crippen molar-refractivity contribution in [2.45, 2.75) is 32.7 Å². The van der Waals surface area contributed by atoms with Gasteiger partial charge in [0.05, 0.1) is 7.11 Å². The molecule has 1 aromatic heterocycles. The van der Waals surface area contributed by atoms with Crippen molar-refractivity contribution < 1.29 is 14.3 Å². The zero-order valence-corrected chi connectivity index (χ0v) is 18.3. The van der Waals surface area contributed by atoms with Crippen LogP contribution in [0.5, 0.6) is 5.88 Å². The lowest BCUT2D eigenvalue weighted by Crippen LogP contribution is -2.25. The highest BCUT2D eigenvalue weighted by Gasteiger charge is 2.09. The minimum absolute atomic E-state index is 0.112. The number of ketones is 1. The van der Waals surface area contributed by atoms with E-state index >= 15 is 0 Å². The molecule has 0 saturated carbocycles. The van der Waals surface area contributed by atoms with Crippen LogP contribution in [0.2, 0.25) is 0 Å². The van der Waals surface area contributed by atoms with E-state index in [9.17, 15) is 9.59 Å². The van der Waals surface area contributed by atoms with Crippen molar-refractivity contribution in [3.05, 3.63) is 83.6 Å². The molecule has 2 aromatic carbocycles. The van der Waals surface area contributed by atoms with Crippen molar-refractivity contribution >= 4 is 11.7 Å². The first kappa shape index (κ1) is 22.2. The number of benzene rings is 2. The number of aryl methyl sites for hydroxylation is 1. The molecule has 0 radical (unpaired) electrons. The summed E-state index contributed by atoms with van der Waals surface area (Å²) >= 11 is 0. The average Bonchev–Trinajstić information content (AvgIpc) is 2.82. The molecule has 0 atom stereocenters. The first-order valence-corrected chi connectivity index (χ1v) is 10.5. The fourth-order valence-corrected chi connectivity index (χ4v) is 3.36. The Kier molecular flexibility index (Phi) is 7.55. The highest BCUT2D eigenvalue weighted by atomic mass is 16.5. The molecule has 3 aromatic rings. The number of hydrogen-bond acceptors (Lipinski definition) is 4. The molecule has 5 heteroatoms. The van der Waals surface area contributed by atoms with Gasteiger partial charge in [0.15, 0.2) is 5.78 Å². The molecule has 1 heterocycles. The maximum absolute atomic E-state index is 12.5. The Hall–Kier alpha value is -3.47. The third-order valence-electron chi connectivity index (χ3n) is 5.29. The second-order valence-electron chi connectivity index (χ2n) is 7.51. The van der Waals surface area contributed by atoms with Crippen LogP contribution in [0, 0.1) is 0 Å². The van der Waals surface area contributed by atoms with Crippen LogP contribution >= 0.6 is 0 Å². The van der Waals surface area contributed by atoms with Gasteiger partial charge in [-0.1, -0.05) is 61.5 Å². The number of ether oxygens (including phenoxy) is 1. The summed E-state index contributed by atoms with van der Waals surface area (Å²) in [6.45, 7) is 2.47. The molecule has 0 unspecified atom stereocenters. The van der Waals surface area contributed by atoms with Gasteiger partial charge in [-0.15, -0.1) is 0 Å². The van der Waals surface area contributed by atoms with E-state index < -0.39 is 0 Å². The number of Topliss-reactive ketones (excluding diaryl/α,β-unsaturated/α-hetero) is 1. The van der Waals surface area contributed by atoms with Gasteiger partial charge in [-0.25, -0.2) is 4.98 Å². The summed E-state index contributed by atoms with van der Waals surface area (Å²) in [6, 6.07) is 19.6. The minimum Gasteiger partial charge on any atom is -0.481 e. The van der Waals surface area contributed by atoms with Crippen LogP contribution in [0.15, 0.2) is 66.9 Å². The molecule has 5 nitrogen and oxygen atoms in total. The second-order valence-corrected chi connectivity index (χ2v) is 7.51.